The number of nitrogens with one attached hydrogen (secondary N) is 3. The second kappa shape index (κ2) is 12.9. The van der Waals surface area contributed by atoms with Gasteiger partial charge in [0.05, 0.1) is 0 Å². The van der Waals surface area contributed by atoms with Crippen LogP contribution in [0.15, 0.2) is 54.6 Å². The third kappa shape index (κ3) is 7.55. The van der Waals surface area contributed by atoms with Crippen molar-refractivity contribution >= 4 is 36.0 Å². The number of amidine groups is 1. The molecule has 0 aromatic heterocycles. The van der Waals surface area contributed by atoms with Crippen molar-refractivity contribution < 1.29 is 14.4 Å². The number of likely N-dealkylation sites (tertiary alicyclic amines) is 1. The number of amides is 3. The molecule has 1 aliphatic rings. The van der Waals surface area contributed by atoms with E-state index in [-0.39, 0.29) is 41.9 Å². The minimum absolute atomic E-state index is 0. The van der Waals surface area contributed by atoms with Crippen LogP contribution < -0.4 is 16.4 Å². The Balaban J connectivity index is 0.00000432. The van der Waals surface area contributed by atoms with Crippen molar-refractivity contribution in [2.75, 3.05) is 6.54 Å². The van der Waals surface area contributed by atoms with Crippen LogP contribution in [0.1, 0.15) is 54.6 Å². The lowest BCUT2D eigenvalue weighted by Gasteiger charge is -2.29. The Morgan fingerprint density at radius 3 is 2.31 bits per heavy atom. The van der Waals surface area contributed by atoms with Crippen LogP contribution in [0, 0.1) is 11.3 Å². The maximum atomic E-state index is 13.4. The van der Waals surface area contributed by atoms with E-state index in [2.05, 4.69) is 10.6 Å². The number of hydrogen-bond donors (Lipinski definition) is 4. The Hall–Kier alpha value is -3.39. The molecule has 1 aliphatic heterocycles. The molecule has 188 valence electrons. The lowest BCUT2D eigenvalue weighted by atomic mass is 10.0. The number of benzene rings is 2. The molecule has 2 aromatic carbocycles. The first-order valence-electron chi connectivity index (χ1n) is 11.6. The Labute approximate surface area is 212 Å². The fourth-order valence-corrected chi connectivity index (χ4v) is 4.14. The van der Waals surface area contributed by atoms with Crippen LogP contribution in [-0.4, -0.2) is 47.1 Å². The molecular formula is C26H34ClN5O3. The SMILES string of the molecule is CC(C)CC(NC(=O)c1ccccc1)C(=O)N1CCC[C@H]1C(=O)NCc1ccc(C(=N)N)cc1.Cl. The van der Waals surface area contributed by atoms with Gasteiger partial charge in [0.2, 0.25) is 11.8 Å². The molecule has 0 radical (unpaired) electrons. The van der Waals surface area contributed by atoms with Crippen LogP contribution >= 0.6 is 12.4 Å². The average Bonchev–Trinajstić information content (AvgIpc) is 3.32. The first-order valence-corrected chi connectivity index (χ1v) is 11.6. The van der Waals surface area contributed by atoms with Crippen LogP contribution in [0.25, 0.3) is 0 Å². The number of nitrogens with two attached hydrogens (primary N) is 1. The van der Waals surface area contributed by atoms with Crippen molar-refractivity contribution in [3.05, 3.63) is 71.3 Å². The molecular weight excluding hydrogens is 466 g/mol. The van der Waals surface area contributed by atoms with Gasteiger partial charge in [-0.2, -0.15) is 0 Å². The van der Waals surface area contributed by atoms with Gasteiger partial charge < -0.3 is 21.3 Å². The number of carbonyl (C=O) groups excluding carboxylic acids is 3. The smallest absolute Gasteiger partial charge is 0.251 e. The molecule has 5 N–H and O–H groups in total. The second-order valence-corrected chi connectivity index (χ2v) is 9.04. The van der Waals surface area contributed by atoms with E-state index >= 15 is 0 Å². The van der Waals surface area contributed by atoms with Gasteiger partial charge in [0.25, 0.3) is 5.91 Å². The fraction of sp³-hybridized carbons (Fsp3) is 0.385. The number of rotatable bonds is 9. The van der Waals surface area contributed by atoms with Gasteiger partial charge in [-0.3, -0.25) is 19.8 Å². The summed E-state index contributed by atoms with van der Waals surface area (Å²) < 4.78 is 0. The predicted molar refractivity (Wildman–Crippen MR) is 138 cm³/mol. The largest absolute Gasteiger partial charge is 0.384 e. The molecule has 1 saturated heterocycles. The van der Waals surface area contributed by atoms with E-state index in [1.165, 1.54) is 0 Å². The molecule has 0 bridgehead atoms. The summed E-state index contributed by atoms with van der Waals surface area (Å²) in [5, 5.41) is 13.3. The van der Waals surface area contributed by atoms with Crippen LogP contribution in [0.3, 0.4) is 0 Å². The highest BCUT2D eigenvalue weighted by molar-refractivity contribution is 5.98. The van der Waals surface area contributed by atoms with Gasteiger partial charge in [0.1, 0.15) is 17.9 Å². The topological polar surface area (TPSA) is 128 Å². The highest BCUT2D eigenvalue weighted by Crippen LogP contribution is 2.21. The highest BCUT2D eigenvalue weighted by atomic mass is 35.5. The Bertz CT molecular complexity index is 1030. The third-order valence-corrected chi connectivity index (χ3v) is 5.92. The standard InChI is InChI=1S/C26H33N5O3.ClH/c1-17(2)15-21(30-24(32)20-7-4-3-5-8-20)26(34)31-14-6-9-22(31)25(33)29-16-18-10-12-19(13-11-18)23(27)28;/h3-5,7-8,10-13,17,21-22H,6,9,14-16H2,1-2H3,(H3,27,28)(H,29,33)(H,30,32);1H/t21?,22-;/m0./s1. The van der Waals surface area contributed by atoms with Crippen molar-refractivity contribution in [1.29, 1.82) is 5.41 Å². The summed E-state index contributed by atoms with van der Waals surface area (Å²) in [5.74, 6) is -0.543. The van der Waals surface area contributed by atoms with Gasteiger partial charge in [-0.1, -0.05) is 56.3 Å². The summed E-state index contributed by atoms with van der Waals surface area (Å²) >= 11 is 0. The summed E-state index contributed by atoms with van der Waals surface area (Å²) in [6.45, 7) is 4.80. The number of nitrogen functional groups attached to an aromatic ring is 1. The molecule has 2 atom stereocenters. The minimum Gasteiger partial charge on any atom is -0.384 e. The van der Waals surface area contributed by atoms with Gasteiger partial charge in [0, 0.05) is 24.2 Å². The zero-order valence-corrected chi connectivity index (χ0v) is 20.9. The number of nitrogens with zero attached hydrogens (tertiary/aromatic N) is 1. The number of carbonyl (C=O) groups is 3. The minimum atomic E-state index is -0.694. The quantitative estimate of drug-likeness (QED) is 0.312. The predicted octanol–water partition coefficient (Wildman–Crippen LogP) is 2.84. The second-order valence-electron chi connectivity index (χ2n) is 9.04. The maximum Gasteiger partial charge on any atom is 0.251 e. The zero-order chi connectivity index (χ0) is 24.7. The van der Waals surface area contributed by atoms with E-state index in [0.717, 1.165) is 12.0 Å². The van der Waals surface area contributed by atoms with Gasteiger partial charge in [-0.25, -0.2) is 0 Å². The van der Waals surface area contributed by atoms with Gasteiger partial charge >= 0.3 is 0 Å². The van der Waals surface area contributed by atoms with Crippen LogP contribution in [0.4, 0.5) is 0 Å². The highest BCUT2D eigenvalue weighted by Gasteiger charge is 2.37. The Kier molecular flexibility index (Phi) is 10.3. The normalized spacial score (nSPS) is 15.7. The summed E-state index contributed by atoms with van der Waals surface area (Å²) in [4.78, 5) is 40.7. The van der Waals surface area contributed by atoms with E-state index < -0.39 is 12.1 Å². The first-order chi connectivity index (χ1) is 16.3. The molecule has 1 unspecified atom stereocenters. The molecule has 3 rings (SSSR count). The van der Waals surface area contributed by atoms with E-state index in [4.69, 9.17) is 11.1 Å². The van der Waals surface area contributed by atoms with Gasteiger partial charge in [-0.05, 0) is 42.9 Å². The molecule has 2 aromatic rings. The zero-order valence-electron chi connectivity index (χ0n) is 20.1. The molecule has 9 heteroatoms. The molecule has 8 nitrogen and oxygen atoms in total. The summed E-state index contributed by atoms with van der Waals surface area (Å²) in [5.41, 5.74) is 7.47. The van der Waals surface area contributed by atoms with Crippen LogP contribution in [0.2, 0.25) is 0 Å². The summed E-state index contributed by atoms with van der Waals surface area (Å²) in [6, 6.07) is 14.7. The fourth-order valence-electron chi connectivity index (χ4n) is 4.14. The molecule has 0 aliphatic carbocycles. The van der Waals surface area contributed by atoms with Crippen molar-refractivity contribution in [2.24, 2.45) is 11.7 Å². The van der Waals surface area contributed by atoms with Crippen molar-refractivity contribution in [1.82, 2.24) is 15.5 Å². The van der Waals surface area contributed by atoms with E-state index in [0.29, 0.717) is 37.1 Å². The monoisotopic (exact) mass is 499 g/mol. The molecule has 3 amide bonds. The summed E-state index contributed by atoms with van der Waals surface area (Å²) in [7, 11) is 0. The molecule has 0 spiro atoms. The van der Waals surface area contributed by atoms with Crippen molar-refractivity contribution in [3.8, 4) is 0 Å². The lowest BCUT2D eigenvalue weighted by Crippen LogP contribution is -2.53. The van der Waals surface area contributed by atoms with Crippen molar-refractivity contribution in [3.63, 3.8) is 0 Å². The summed E-state index contributed by atoms with van der Waals surface area (Å²) in [6.07, 6.45) is 1.81. The third-order valence-electron chi connectivity index (χ3n) is 5.92. The van der Waals surface area contributed by atoms with Crippen LogP contribution in [0.5, 0.6) is 0 Å². The van der Waals surface area contributed by atoms with Gasteiger partial charge in [-0.15, -0.1) is 12.4 Å². The Morgan fingerprint density at radius 2 is 1.71 bits per heavy atom. The molecule has 0 saturated carbocycles. The van der Waals surface area contributed by atoms with E-state index in [1.54, 1.807) is 41.3 Å². The first kappa shape index (κ1) is 27.9. The van der Waals surface area contributed by atoms with E-state index in [9.17, 15) is 14.4 Å². The Morgan fingerprint density at radius 1 is 1.06 bits per heavy atom. The lowest BCUT2D eigenvalue weighted by molar-refractivity contribution is -0.140. The van der Waals surface area contributed by atoms with E-state index in [1.807, 2.05) is 32.0 Å². The average molecular weight is 500 g/mol. The molecule has 1 heterocycles. The maximum absolute atomic E-state index is 13.4. The van der Waals surface area contributed by atoms with Gasteiger partial charge in [0.15, 0.2) is 0 Å². The molecule has 1 fully saturated rings. The number of hydrogen-bond acceptors (Lipinski definition) is 4. The van der Waals surface area contributed by atoms with Crippen molar-refractivity contribution in [2.45, 2.75) is 51.7 Å². The van der Waals surface area contributed by atoms with Crippen LogP contribution in [-0.2, 0) is 16.1 Å². The number of halogens is 1. The molecule has 35 heavy (non-hydrogen) atoms.